The molecule has 0 saturated heterocycles. The molecule has 0 saturated carbocycles. The maximum atomic E-state index is 12.3. The van der Waals surface area contributed by atoms with E-state index in [-0.39, 0.29) is 29.0 Å². The van der Waals surface area contributed by atoms with Gasteiger partial charge in [-0.3, -0.25) is 0 Å². The zero-order valence-electron chi connectivity index (χ0n) is 22.3. The Morgan fingerprint density at radius 3 is 2.08 bits per heavy atom. The third-order valence-corrected chi connectivity index (χ3v) is 6.03. The molecule has 0 spiro atoms. The maximum Gasteiger partial charge on any atom is 0.361 e. The summed E-state index contributed by atoms with van der Waals surface area (Å²) in [5, 5.41) is 0. The normalized spacial score (nSPS) is 12.5. The first kappa shape index (κ1) is 31.8. The first-order valence-electron chi connectivity index (χ1n) is 12.4. The Bertz CT molecular complexity index is 928. The number of hydrogen-bond acceptors (Lipinski definition) is 4. The van der Waals surface area contributed by atoms with Crippen LogP contribution in [0.4, 0.5) is 0 Å². The van der Waals surface area contributed by atoms with Crippen LogP contribution < -0.4 is 17.0 Å². The highest BCUT2D eigenvalue weighted by Gasteiger charge is 2.33. The van der Waals surface area contributed by atoms with Gasteiger partial charge in [-0.15, -0.1) is 0 Å². The third kappa shape index (κ3) is 12.1. The van der Waals surface area contributed by atoms with E-state index in [9.17, 15) is 4.79 Å². The number of benzene rings is 2. The summed E-state index contributed by atoms with van der Waals surface area (Å²) in [6, 6.07) is 20.4. The van der Waals surface area contributed by atoms with Gasteiger partial charge in [0.2, 0.25) is 0 Å². The van der Waals surface area contributed by atoms with Gasteiger partial charge in [-0.1, -0.05) is 78.9 Å². The van der Waals surface area contributed by atoms with Crippen LogP contribution in [0.2, 0.25) is 0 Å². The number of likely N-dealkylation sites (N-methyl/N-ethyl adjacent to an activating group) is 1. The Morgan fingerprint density at radius 1 is 0.972 bits per heavy atom. The number of quaternary nitrogens is 1. The van der Waals surface area contributed by atoms with E-state index in [1.807, 2.05) is 43.3 Å². The van der Waals surface area contributed by atoms with Crippen LogP contribution in [-0.4, -0.2) is 57.0 Å². The number of carbonyl (C=O) groups excluding carboxylic acids is 1. The van der Waals surface area contributed by atoms with E-state index in [1.165, 1.54) is 11.1 Å². The fraction of sp³-hybridized carbons (Fsp3) is 0.433. The highest BCUT2D eigenvalue weighted by atomic mass is 79.9. The van der Waals surface area contributed by atoms with Gasteiger partial charge in [0.1, 0.15) is 6.04 Å². The number of ether oxygens (including phenoxy) is 3. The van der Waals surface area contributed by atoms with Crippen LogP contribution in [0.15, 0.2) is 84.5 Å². The smallest absolute Gasteiger partial charge is 0.361 e. The molecule has 5 nitrogen and oxygen atoms in total. The zero-order chi connectivity index (χ0) is 25.5. The van der Waals surface area contributed by atoms with Crippen LogP contribution in [0, 0.1) is 0 Å². The van der Waals surface area contributed by atoms with E-state index in [0.29, 0.717) is 44.1 Å². The molecule has 1 atom stereocenters. The lowest BCUT2D eigenvalue weighted by Crippen LogP contribution is -3.00. The molecule has 0 radical (unpaired) electrons. The standard InChI is InChI=1S/C30H42NO4.BrH/c1-6-35-30(32)21-31(4,5)29(26(3)22-34-24-28-15-11-8-12-16-28)18-17-25(2)19-20-33-23-27-13-9-7-10-14-27;/h7-16,19,29H,3,6,17-18,20-24H2,1-2,4-5H3;1H/q+1;/p-1/b25-19+;. The van der Waals surface area contributed by atoms with Crippen molar-refractivity contribution in [2.45, 2.75) is 45.9 Å². The second kappa shape index (κ2) is 17.2. The number of halogens is 1. The molecule has 1 unspecified atom stereocenters. The van der Waals surface area contributed by atoms with Gasteiger partial charge in [0.05, 0.1) is 47.1 Å². The molecule has 6 heteroatoms. The fourth-order valence-corrected chi connectivity index (χ4v) is 4.09. The summed E-state index contributed by atoms with van der Waals surface area (Å²) in [5.41, 5.74) is 4.55. The second-order valence-corrected chi connectivity index (χ2v) is 9.48. The van der Waals surface area contributed by atoms with E-state index in [1.54, 1.807) is 0 Å². The molecule has 0 aliphatic heterocycles. The topological polar surface area (TPSA) is 44.8 Å². The molecular formula is C30H42BrNO4. The van der Waals surface area contributed by atoms with Crippen LogP contribution in [0.25, 0.3) is 0 Å². The van der Waals surface area contributed by atoms with Crippen molar-refractivity contribution in [3.05, 3.63) is 95.6 Å². The van der Waals surface area contributed by atoms with Gasteiger partial charge in [0.25, 0.3) is 0 Å². The Balaban J connectivity index is 0.00000648. The van der Waals surface area contributed by atoms with E-state index in [4.69, 9.17) is 14.2 Å². The van der Waals surface area contributed by atoms with Crippen molar-refractivity contribution in [1.82, 2.24) is 0 Å². The Hall–Kier alpha value is -2.25. The SMILES string of the molecule is C=C(COCc1ccccc1)C(CC/C(C)=C/COCc1ccccc1)[N+](C)(C)CC(=O)OCC.[Br-]. The summed E-state index contributed by atoms with van der Waals surface area (Å²) >= 11 is 0. The molecule has 198 valence electrons. The average Bonchev–Trinajstić information content (AvgIpc) is 2.83. The summed E-state index contributed by atoms with van der Waals surface area (Å²) in [4.78, 5) is 12.3. The van der Waals surface area contributed by atoms with Gasteiger partial charge in [0.15, 0.2) is 6.54 Å². The Labute approximate surface area is 228 Å². The van der Waals surface area contributed by atoms with Crippen molar-refractivity contribution in [1.29, 1.82) is 0 Å². The minimum atomic E-state index is -0.193. The molecule has 2 aromatic carbocycles. The Morgan fingerprint density at radius 2 is 1.53 bits per heavy atom. The minimum absolute atomic E-state index is 0. The number of esters is 1. The molecule has 0 fully saturated rings. The van der Waals surface area contributed by atoms with Crippen LogP contribution in [-0.2, 0) is 32.2 Å². The average molecular weight is 561 g/mol. The largest absolute Gasteiger partial charge is 1.00 e. The number of nitrogens with zero attached hydrogens (tertiary/aromatic N) is 1. The molecule has 36 heavy (non-hydrogen) atoms. The predicted octanol–water partition coefficient (Wildman–Crippen LogP) is 2.71. The summed E-state index contributed by atoms with van der Waals surface area (Å²) < 4.78 is 17.5. The molecule has 2 rings (SSSR count). The molecule has 0 amide bonds. The van der Waals surface area contributed by atoms with Gasteiger partial charge >= 0.3 is 5.97 Å². The Kier molecular flexibility index (Phi) is 15.2. The zero-order valence-corrected chi connectivity index (χ0v) is 23.8. The highest BCUT2D eigenvalue weighted by molar-refractivity contribution is 5.70. The molecular weight excluding hydrogens is 518 g/mol. The monoisotopic (exact) mass is 559 g/mol. The van der Waals surface area contributed by atoms with Crippen LogP contribution in [0.3, 0.4) is 0 Å². The van der Waals surface area contributed by atoms with Crippen LogP contribution >= 0.6 is 0 Å². The van der Waals surface area contributed by atoms with Gasteiger partial charge in [-0.25, -0.2) is 4.79 Å². The van der Waals surface area contributed by atoms with Crippen LogP contribution in [0.1, 0.15) is 37.8 Å². The fourth-order valence-electron chi connectivity index (χ4n) is 4.09. The summed E-state index contributed by atoms with van der Waals surface area (Å²) in [6.45, 7) is 11.2. The first-order chi connectivity index (χ1) is 16.8. The maximum absolute atomic E-state index is 12.3. The number of carbonyl (C=O) groups is 1. The number of allylic oxidation sites excluding steroid dienone is 1. The molecule has 0 aliphatic carbocycles. The quantitative estimate of drug-likeness (QED) is 0.137. The highest BCUT2D eigenvalue weighted by Crippen LogP contribution is 2.23. The molecule has 0 N–H and O–H groups in total. The van der Waals surface area contributed by atoms with Gasteiger partial charge < -0.3 is 35.7 Å². The summed E-state index contributed by atoms with van der Waals surface area (Å²) in [6.07, 6.45) is 3.89. The van der Waals surface area contributed by atoms with E-state index in [2.05, 4.69) is 57.9 Å². The van der Waals surface area contributed by atoms with Crippen molar-refractivity contribution in [2.24, 2.45) is 0 Å². The van der Waals surface area contributed by atoms with Gasteiger partial charge in [-0.2, -0.15) is 0 Å². The molecule has 0 heterocycles. The summed E-state index contributed by atoms with van der Waals surface area (Å²) in [5.74, 6) is -0.193. The van der Waals surface area contributed by atoms with E-state index < -0.39 is 0 Å². The number of hydrogen-bond donors (Lipinski definition) is 0. The molecule has 0 aromatic heterocycles. The van der Waals surface area contributed by atoms with Crippen molar-refractivity contribution in [2.75, 3.05) is 40.5 Å². The lowest BCUT2D eigenvalue weighted by molar-refractivity contribution is -0.903. The predicted molar refractivity (Wildman–Crippen MR) is 142 cm³/mol. The molecule has 0 bridgehead atoms. The van der Waals surface area contributed by atoms with E-state index >= 15 is 0 Å². The van der Waals surface area contributed by atoms with E-state index in [0.717, 1.165) is 24.0 Å². The first-order valence-corrected chi connectivity index (χ1v) is 12.4. The van der Waals surface area contributed by atoms with Crippen molar-refractivity contribution < 1.29 is 40.5 Å². The van der Waals surface area contributed by atoms with Gasteiger partial charge in [-0.05, 0) is 31.4 Å². The number of rotatable bonds is 16. The lowest BCUT2D eigenvalue weighted by Gasteiger charge is -2.38. The van der Waals surface area contributed by atoms with Crippen molar-refractivity contribution in [3.63, 3.8) is 0 Å². The minimum Gasteiger partial charge on any atom is -1.00 e. The van der Waals surface area contributed by atoms with Crippen LogP contribution in [0.5, 0.6) is 0 Å². The van der Waals surface area contributed by atoms with Crippen molar-refractivity contribution in [3.8, 4) is 0 Å². The lowest BCUT2D eigenvalue weighted by atomic mass is 9.97. The molecule has 2 aromatic rings. The summed E-state index contributed by atoms with van der Waals surface area (Å²) in [7, 11) is 4.12. The van der Waals surface area contributed by atoms with Crippen molar-refractivity contribution >= 4 is 5.97 Å². The second-order valence-electron chi connectivity index (χ2n) is 9.48. The molecule has 0 aliphatic rings. The van der Waals surface area contributed by atoms with Gasteiger partial charge in [0, 0.05) is 12.0 Å². The third-order valence-electron chi connectivity index (χ3n) is 6.03.